The molecular weight excluding hydrogens is 160 g/mol. The van der Waals surface area contributed by atoms with Crippen LogP contribution in [0.2, 0.25) is 0 Å². The topological polar surface area (TPSA) is 98.6 Å². The highest BCUT2D eigenvalue weighted by Crippen LogP contribution is 2.19. The van der Waals surface area contributed by atoms with Gasteiger partial charge in [-0.05, 0) is 18.2 Å². The minimum atomic E-state index is -1.12. The fraction of sp³-hybridized carbons (Fsp3) is 0. The van der Waals surface area contributed by atoms with Crippen molar-refractivity contribution in [3.8, 4) is 5.75 Å². The molecule has 0 aliphatic heterocycles. The van der Waals surface area contributed by atoms with Gasteiger partial charge in [-0.2, -0.15) is 5.90 Å². The second kappa shape index (κ2) is 3.10. The molecule has 0 heterocycles. The smallest absolute Gasteiger partial charge is 0.339 e. The summed E-state index contributed by atoms with van der Waals surface area (Å²) in [5, 5.41) is 8.63. The summed E-state index contributed by atoms with van der Waals surface area (Å²) in [4.78, 5) is 14.9. The van der Waals surface area contributed by atoms with Gasteiger partial charge in [0.05, 0.1) is 0 Å². The second-order valence-electron chi connectivity index (χ2n) is 2.18. The van der Waals surface area contributed by atoms with Crippen LogP contribution in [0.15, 0.2) is 18.2 Å². The minimum Gasteiger partial charge on any atom is -0.478 e. The van der Waals surface area contributed by atoms with E-state index >= 15 is 0 Å². The van der Waals surface area contributed by atoms with Gasteiger partial charge in [0.2, 0.25) is 0 Å². The minimum absolute atomic E-state index is 0.0440. The summed E-state index contributed by atoms with van der Waals surface area (Å²) < 4.78 is 0. The standard InChI is InChI=1S/C7H8N2O3/c8-4-1-2-6(12-9)5(3-4)7(10)11/h1-3H,8-9H2,(H,10,11). The Bertz CT molecular complexity index is 312. The molecule has 12 heavy (non-hydrogen) atoms. The lowest BCUT2D eigenvalue weighted by Crippen LogP contribution is -2.08. The van der Waals surface area contributed by atoms with Crippen molar-refractivity contribution >= 4 is 11.7 Å². The Balaban J connectivity index is 3.21. The zero-order valence-corrected chi connectivity index (χ0v) is 6.15. The van der Waals surface area contributed by atoms with Crippen LogP contribution >= 0.6 is 0 Å². The van der Waals surface area contributed by atoms with Crippen molar-refractivity contribution < 1.29 is 14.7 Å². The second-order valence-corrected chi connectivity index (χ2v) is 2.18. The van der Waals surface area contributed by atoms with Crippen LogP contribution in [0.3, 0.4) is 0 Å². The van der Waals surface area contributed by atoms with E-state index in [1.807, 2.05) is 0 Å². The van der Waals surface area contributed by atoms with Crippen molar-refractivity contribution in [3.05, 3.63) is 23.8 Å². The van der Waals surface area contributed by atoms with Gasteiger partial charge < -0.3 is 15.7 Å². The predicted octanol–water partition coefficient (Wildman–Crippen LogP) is 0.219. The maximum absolute atomic E-state index is 10.5. The molecule has 0 fully saturated rings. The molecule has 1 aromatic rings. The van der Waals surface area contributed by atoms with Crippen molar-refractivity contribution in [2.75, 3.05) is 5.73 Å². The van der Waals surface area contributed by atoms with Gasteiger partial charge in [0.15, 0.2) is 5.75 Å². The normalized spacial score (nSPS) is 9.42. The van der Waals surface area contributed by atoms with Gasteiger partial charge in [-0.3, -0.25) is 0 Å². The third-order valence-electron chi connectivity index (χ3n) is 1.36. The Morgan fingerprint density at radius 3 is 2.67 bits per heavy atom. The van der Waals surface area contributed by atoms with E-state index in [-0.39, 0.29) is 11.3 Å². The molecule has 0 aromatic heterocycles. The zero-order valence-electron chi connectivity index (χ0n) is 6.15. The number of anilines is 1. The van der Waals surface area contributed by atoms with E-state index in [1.54, 1.807) is 0 Å². The van der Waals surface area contributed by atoms with Gasteiger partial charge in [0.1, 0.15) is 5.56 Å². The Labute approximate surface area is 68.5 Å². The van der Waals surface area contributed by atoms with Crippen LogP contribution in [-0.4, -0.2) is 11.1 Å². The quantitative estimate of drug-likeness (QED) is 0.433. The van der Waals surface area contributed by atoms with E-state index in [0.717, 1.165) is 0 Å². The van der Waals surface area contributed by atoms with Gasteiger partial charge >= 0.3 is 5.97 Å². The first-order valence-corrected chi connectivity index (χ1v) is 3.14. The Kier molecular flexibility index (Phi) is 2.16. The SMILES string of the molecule is NOc1ccc(N)cc1C(=O)O. The molecule has 1 rings (SSSR count). The lowest BCUT2D eigenvalue weighted by Gasteiger charge is -2.03. The monoisotopic (exact) mass is 168 g/mol. The molecular formula is C7H8N2O3. The number of hydrogen-bond donors (Lipinski definition) is 3. The largest absolute Gasteiger partial charge is 0.478 e. The molecule has 0 aliphatic carbocycles. The van der Waals surface area contributed by atoms with E-state index < -0.39 is 5.97 Å². The summed E-state index contributed by atoms with van der Waals surface area (Å²) in [7, 11) is 0. The number of hydrogen-bond acceptors (Lipinski definition) is 4. The number of nitrogen functional groups attached to an aromatic ring is 1. The van der Waals surface area contributed by atoms with Crippen LogP contribution in [-0.2, 0) is 0 Å². The average molecular weight is 168 g/mol. The number of carboxylic acids is 1. The molecule has 5 N–H and O–H groups in total. The first-order valence-electron chi connectivity index (χ1n) is 3.14. The summed E-state index contributed by atoms with van der Waals surface area (Å²) in [6, 6.07) is 4.19. The maximum atomic E-state index is 10.5. The molecule has 1 aromatic carbocycles. The molecule has 64 valence electrons. The van der Waals surface area contributed by atoms with Crippen molar-refractivity contribution in [1.82, 2.24) is 0 Å². The van der Waals surface area contributed by atoms with E-state index in [9.17, 15) is 4.79 Å². The molecule has 5 nitrogen and oxygen atoms in total. The van der Waals surface area contributed by atoms with Gasteiger partial charge in [-0.25, -0.2) is 4.79 Å². The van der Waals surface area contributed by atoms with Crippen molar-refractivity contribution in [2.24, 2.45) is 5.90 Å². The van der Waals surface area contributed by atoms with Crippen LogP contribution < -0.4 is 16.5 Å². The molecule has 0 saturated carbocycles. The molecule has 0 saturated heterocycles. The molecule has 0 spiro atoms. The van der Waals surface area contributed by atoms with Gasteiger partial charge in [0, 0.05) is 5.69 Å². The fourth-order valence-corrected chi connectivity index (χ4v) is 0.817. The van der Waals surface area contributed by atoms with E-state index in [0.29, 0.717) is 5.69 Å². The molecule has 0 amide bonds. The van der Waals surface area contributed by atoms with Crippen LogP contribution in [0.4, 0.5) is 5.69 Å². The lowest BCUT2D eigenvalue weighted by molar-refractivity contribution is 0.0692. The van der Waals surface area contributed by atoms with Gasteiger partial charge in [-0.1, -0.05) is 0 Å². The number of carbonyl (C=O) groups is 1. The van der Waals surface area contributed by atoms with Crippen LogP contribution in [0.1, 0.15) is 10.4 Å². The first kappa shape index (κ1) is 8.35. The molecule has 0 atom stereocenters. The molecule has 0 radical (unpaired) electrons. The molecule has 0 unspecified atom stereocenters. The third kappa shape index (κ3) is 1.46. The first-order chi connectivity index (χ1) is 5.65. The summed E-state index contributed by atoms with van der Waals surface area (Å²) in [5.74, 6) is 3.81. The zero-order chi connectivity index (χ0) is 9.14. The number of carboxylic acid groups (broad SMARTS) is 1. The Morgan fingerprint density at radius 1 is 1.50 bits per heavy atom. The van der Waals surface area contributed by atoms with Crippen LogP contribution in [0, 0.1) is 0 Å². The maximum Gasteiger partial charge on any atom is 0.339 e. The number of benzene rings is 1. The highest BCUT2D eigenvalue weighted by molar-refractivity contribution is 5.91. The van der Waals surface area contributed by atoms with Crippen LogP contribution in [0.25, 0.3) is 0 Å². The number of nitrogens with two attached hydrogens (primary N) is 2. The lowest BCUT2D eigenvalue weighted by atomic mass is 10.2. The number of rotatable bonds is 2. The summed E-state index contributed by atoms with van der Waals surface area (Å²) in [6.07, 6.45) is 0. The van der Waals surface area contributed by atoms with Gasteiger partial charge in [-0.15, -0.1) is 0 Å². The highest BCUT2D eigenvalue weighted by atomic mass is 16.6. The van der Waals surface area contributed by atoms with E-state index in [2.05, 4.69) is 4.84 Å². The van der Waals surface area contributed by atoms with Crippen molar-refractivity contribution in [1.29, 1.82) is 0 Å². The third-order valence-corrected chi connectivity index (χ3v) is 1.36. The van der Waals surface area contributed by atoms with Gasteiger partial charge in [0.25, 0.3) is 0 Å². The summed E-state index contributed by atoms with van der Waals surface area (Å²) in [6.45, 7) is 0. The summed E-state index contributed by atoms with van der Waals surface area (Å²) in [5.41, 5.74) is 5.67. The predicted molar refractivity (Wildman–Crippen MR) is 42.6 cm³/mol. The highest BCUT2D eigenvalue weighted by Gasteiger charge is 2.10. The Morgan fingerprint density at radius 2 is 2.17 bits per heavy atom. The van der Waals surface area contributed by atoms with Crippen molar-refractivity contribution in [3.63, 3.8) is 0 Å². The van der Waals surface area contributed by atoms with E-state index in [4.69, 9.17) is 16.7 Å². The van der Waals surface area contributed by atoms with Crippen LogP contribution in [0.5, 0.6) is 5.75 Å². The summed E-state index contributed by atoms with van der Waals surface area (Å²) >= 11 is 0. The molecule has 0 aliphatic rings. The van der Waals surface area contributed by atoms with E-state index in [1.165, 1.54) is 18.2 Å². The fourth-order valence-electron chi connectivity index (χ4n) is 0.817. The average Bonchev–Trinajstić information content (AvgIpc) is 2.04. The van der Waals surface area contributed by atoms with Crippen molar-refractivity contribution in [2.45, 2.75) is 0 Å². The molecule has 0 bridgehead atoms. The molecule has 5 heteroatoms. The Hall–Kier alpha value is -1.75. The number of aromatic carboxylic acids is 1.